The van der Waals surface area contributed by atoms with Crippen molar-refractivity contribution in [2.24, 2.45) is 35.5 Å². The molecule has 0 rings (SSSR count). The molecule has 0 bridgehead atoms. The number of hydrogen-bond donors (Lipinski definition) is 1. The molecule has 0 amide bonds. The van der Waals surface area contributed by atoms with Crippen LogP contribution in [0.15, 0.2) is 0 Å². The van der Waals surface area contributed by atoms with Gasteiger partial charge in [-0.1, -0.05) is 81.6 Å². The summed E-state index contributed by atoms with van der Waals surface area (Å²) < 4.78 is 16.3. The molecule has 0 spiro atoms. The molecule has 0 aromatic rings. The van der Waals surface area contributed by atoms with Crippen LogP contribution in [0.1, 0.15) is 114 Å². The molecule has 218 valence electrons. The van der Waals surface area contributed by atoms with Gasteiger partial charge in [-0.2, -0.15) is 0 Å². The quantitative estimate of drug-likeness (QED) is 0.145. The fourth-order valence-electron chi connectivity index (χ4n) is 4.59. The van der Waals surface area contributed by atoms with Gasteiger partial charge in [-0.15, -0.1) is 0 Å². The topological polar surface area (TPSA) is 99.1 Å². The van der Waals surface area contributed by atoms with Crippen molar-refractivity contribution >= 4 is 17.9 Å². The first-order valence-corrected chi connectivity index (χ1v) is 14.5. The second kappa shape index (κ2) is 18.6. The Hall–Kier alpha value is -1.63. The average molecular weight is 529 g/mol. The second-order valence-corrected chi connectivity index (χ2v) is 12.1. The fraction of sp³-hybridized carbons (Fsp3) is 0.900. The van der Waals surface area contributed by atoms with Crippen molar-refractivity contribution in [3.05, 3.63) is 0 Å². The van der Waals surface area contributed by atoms with Crippen LogP contribution in [0.5, 0.6) is 0 Å². The molecule has 0 aliphatic rings. The Morgan fingerprint density at radius 2 is 0.892 bits per heavy atom. The Balaban J connectivity index is 5.39. The number of ether oxygens (including phenoxy) is 3. The number of hydrogen-bond acceptors (Lipinski definition) is 7. The first kappa shape index (κ1) is 35.4. The van der Waals surface area contributed by atoms with Crippen molar-refractivity contribution in [1.29, 1.82) is 0 Å². The Bertz CT molecular complexity index is 620. The van der Waals surface area contributed by atoms with Gasteiger partial charge in [0, 0.05) is 0 Å². The summed E-state index contributed by atoms with van der Waals surface area (Å²) in [6.07, 6.45) is 3.91. The van der Waals surface area contributed by atoms with Crippen molar-refractivity contribution in [3.63, 3.8) is 0 Å². The maximum Gasteiger partial charge on any atom is 0.339 e. The molecule has 1 N–H and O–H groups in total. The first-order valence-electron chi connectivity index (χ1n) is 14.5. The second-order valence-electron chi connectivity index (χ2n) is 12.1. The lowest BCUT2D eigenvalue weighted by molar-refractivity contribution is -0.179. The van der Waals surface area contributed by atoms with Crippen molar-refractivity contribution in [3.8, 4) is 0 Å². The molecular weight excluding hydrogens is 472 g/mol. The molecule has 0 radical (unpaired) electrons. The van der Waals surface area contributed by atoms with Gasteiger partial charge >= 0.3 is 17.9 Å². The molecule has 0 aliphatic carbocycles. The van der Waals surface area contributed by atoms with Gasteiger partial charge in [0.1, 0.15) is 0 Å². The number of aliphatic hydroxyl groups is 1. The van der Waals surface area contributed by atoms with E-state index in [-0.39, 0.29) is 37.6 Å². The summed E-state index contributed by atoms with van der Waals surface area (Å²) in [7, 11) is 0. The summed E-state index contributed by atoms with van der Waals surface area (Å²) in [5.74, 6) is -0.547. The highest BCUT2D eigenvalue weighted by Gasteiger charge is 2.44. The zero-order chi connectivity index (χ0) is 28.6. The third kappa shape index (κ3) is 16.0. The molecular formula is C30H56O7. The lowest BCUT2D eigenvalue weighted by atomic mass is 9.93. The van der Waals surface area contributed by atoms with E-state index in [9.17, 15) is 19.5 Å². The minimum Gasteiger partial charge on any atom is -0.465 e. The first-order chi connectivity index (χ1) is 17.3. The van der Waals surface area contributed by atoms with Crippen LogP contribution >= 0.6 is 0 Å². The summed E-state index contributed by atoms with van der Waals surface area (Å²) >= 11 is 0. The zero-order valence-corrected chi connectivity index (χ0v) is 25.1. The van der Waals surface area contributed by atoms with E-state index in [1.165, 1.54) is 0 Å². The minimum absolute atomic E-state index is 0.124. The van der Waals surface area contributed by atoms with Gasteiger partial charge in [0.15, 0.2) is 5.60 Å². The van der Waals surface area contributed by atoms with Crippen LogP contribution in [-0.4, -0.2) is 48.4 Å². The summed E-state index contributed by atoms with van der Waals surface area (Å²) in [6, 6.07) is 0. The number of carbonyl (C=O) groups is 3. The molecule has 0 saturated heterocycles. The maximum absolute atomic E-state index is 13.0. The van der Waals surface area contributed by atoms with Gasteiger partial charge in [-0.25, -0.2) is 4.79 Å². The predicted molar refractivity (Wildman–Crippen MR) is 147 cm³/mol. The predicted octanol–water partition coefficient (Wildman–Crippen LogP) is 6.34. The van der Waals surface area contributed by atoms with Gasteiger partial charge in [0.25, 0.3) is 0 Å². The molecule has 0 aromatic heterocycles. The lowest BCUT2D eigenvalue weighted by Gasteiger charge is -2.27. The van der Waals surface area contributed by atoms with E-state index in [2.05, 4.69) is 41.5 Å². The molecule has 37 heavy (non-hydrogen) atoms. The number of esters is 3. The van der Waals surface area contributed by atoms with Gasteiger partial charge in [-0.3, -0.25) is 9.59 Å². The van der Waals surface area contributed by atoms with Crippen molar-refractivity contribution in [2.45, 2.75) is 119 Å². The van der Waals surface area contributed by atoms with E-state index in [1.807, 2.05) is 20.8 Å². The molecule has 3 atom stereocenters. The highest BCUT2D eigenvalue weighted by atomic mass is 16.6. The molecule has 7 heteroatoms. The Labute approximate surface area is 226 Å². The van der Waals surface area contributed by atoms with E-state index < -0.39 is 36.4 Å². The Kier molecular flexibility index (Phi) is 17.8. The van der Waals surface area contributed by atoms with Crippen LogP contribution < -0.4 is 0 Å². The van der Waals surface area contributed by atoms with E-state index in [1.54, 1.807) is 0 Å². The number of carbonyl (C=O) groups excluding carboxylic acids is 3. The van der Waals surface area contributed by atoms with E-state index in [0.29, 0.717) is 17.8 Å². The summed E-state index contributed by atoms with van der Waals surface area (Å²) in [5.41, 5.74) is -2.33. The van der Waals surface area contributed by atoms with Gasteiger partial charge < -0.3 is 19.3 Å². The Morgan fingerprint density at radius 1 is 0.595 bits per heavy atom. The number of rotatable bonds is 20. The van der Waals surface area contributed by atoms with Gasteiger partial charge in [0.05, 0.1) is 32.7 Å². The van der Waals surface area contributed by atoms with Crippen LogP contribution in [-0.2, 0) is 28.6 Å². The monoisotopic (exact) mass is 528 g/mol. The lowest BCUT2D eigenvalue weighted by Crippen LogP contribution is -2.45. The molecule has 0 aromatic carbocycles. The third-order valence-electron chi connectivity index (χ3n) is 6.81. The summed E-state index contributed by atoms with van der Waals surface area (Å²) in [6.45, 7) is 19.3. The molecule has 3 unspecified atom stereocenters. The molecule has 0 heterocycles. The SMILES string of the molecule is CCC(COC(=O)CC(O)(CC(=O)OCC(CC)CC(C)C)C(=O)OCC(CC)CC(C)C)CC(C)C. The third-order valence-corrected chi connectivity index (χ3v) is 6.81. The van der Waals surface area contributed by atoms with E-state index in [4.69, 9.17) is 14.2 Å². The normalized spacial score (nSPS) is 15.8. The van der Waals surface area contributed by atoms with Crippen LogP contribution in [0, 0.1) is 35.5 Å². The van der Waals surface area contributed by atoms with Gasteiger partial charge in [-0.05, 0) is 54.8 Å². The van der Waals surface area contributed by atoms with Crippen LogP contribution in [0.4, 0.5) is 0 Å². The Morgan fingerprint density at radius 3 is 1.16 bits per heavy atom. The van der Waals surface area contributed by atoms with Crippen LogP contribution in [0.3, 0.4) is 0 Å². The maximum atomic E-state index is 13.0. The van der Waals surface area contributed by atoms with E-state index in [0.717, 1.165) is 38.5 Å². The molecule has 0 fully saturated rings. The van der Waals surface area contributed by atoms with Crippen LogP contribution in [0.2, 0.25) is 0 Å². The van der Waals surface area contributed by atoms with Crippen molar-refractivity contribution in [2.75, 3.05) is 19.8 Å². The molecule has 0 aliphatic heterocycles. The largest absolute Gasteiger partial charge is 0.465 e. The summed E-state index contributed by atoms with van der Waals surface area (Å²) in [5, 5.41) is 11.2. The minimum atomic E-state index is -2.33. The fourth-order valence-corrected chi connectivity index (χ4v) is 4.59. The van der Waals surface area contributed by atoms with Crippen molar-refractivity contribution in [1.82, 2.24) is 0 Å². The summed E-state index contributed by atoms with van der Waals surface area (Å²) in [4.78, 5) is 38.4. The standard InChI is InChI=1S/C30H56O7/c1-10-24(13-21(4)5)18-35-27(31)16-30(34,29(33)37-20-26(12-3)15-23(8)9)17-28(32)36-19-25(11-2)14-22(6)7/h21-26,34H,10-20H2,1-9H3. The van der Waals surface area contributed by atoms with Crippen LogP contribution in [0.25, 0.3) is 0 Å². The zero-order valence-electron chi connectivity index (χ0n) is 25.1. The van der Waals surface area contributed by atoms with Crippen molar-refractivity contribution < 1.29 is 33.7 Å². The highest BCUT2D eigenvalue weighted by molar-refractivity contribution is 5.90. The molecule has 0 saturated carbocycles. The smallest absolute Gasteiger partial charge is 0.339 e. The van der Waals surface area contributed by atoms with E-state index >= 15 is 0 Å². The van der Waals surface area contributed by atoms with Gasteiger partial charge in [0.2, 0.25) is 0 Å². The molecule has 7 nitrogen and oxygen atoms in total. The highest BCUT2D eigenvalue weighted by Crippen LogP contribution is 2.24. The average Bonchev–Trinajstić information content (AvgIpc) is 2.80.